The summed E-state index contributed by atoms with van der Waals surface area (Å²) in [4.78, 5) is 8.86. The molecule has 0 radical (unpaired) electrons. The van der Waals surface area contributed by atoms with Gasteiger partial charge < -0.3 is 5.11 Å². The molecule has 0 spiro atoms. The molecule has 2 atom stereocenters. The van der Waals surface area contributed by atoms with Crippen LogP contribution in [0.15, 0.2) is 12.2 Å². The summed E-state index contributed by atoms with van der Waals surface area (Å²) in [7, 11) is 0. The van der Waals surface area contributed by atoms with Crippen molar-refractivity contribution in [1.82, 2.24) is 0 Å². The van der Waals surface area contributed by atoms with E-state index in [0.717, 1.165) is 0 Å². The van der Waals surface area contributed by atoms with Gasteiger partial charge in [0.2, 0.25) is 6.29 Å². The molecule has 1 fully saturated rings. The molecule has 3 nitrogen and oxygen atoms in total. The van der Waals surface area contributed by atoms with E-state index in [-0.39, 0.29) is 6.10 Å². The first-order chi connectivity index (χ1) is 3.72. The fraction of sp³-hybridized carbons (Fsp3) is 0.600. The maximum absolute atomic E-state index is 8.72. The molecule has 1 N–H and O–H groups in total. The summed E-state index contributed by atoms with van der Waals surface area (Å²) in [5.41, 5.74) is 0.574. The number of aliphatic hydroxyl groups excluding tert-OH is 1. The highest BCUT2D eigenvalue weighted by molar-refractivity contribution is 5.05. The molecule has 46 valence electrons. The lowest BCUT2D eigenvalue weighted by Crippen LogP contribution is -2.06. The smallest absolute Gasteiger partial charge is 0.213 e. The van der Waals surface area contributed by atoms with Crippen LogP contribution in [0, 0.1) is 0 Å². The zero-order chi connectivity index (χ0) is 6.15. The van der Waals surface area contributed by atoms with E-state index in [0.29, 0.717) is 5.57 Å². The SMILES string of the molecule is C=C1C(C)OOC1O. The molecule has 1 heterocycles. The van der Waals surface area contributed by atoms with Crippen molar-refractivity contribution in [2.75, 3.05) is 0 Å². The molecular formula is C5H8O3. The van der Waals surface area contributed by atoms with Crippen LogP contribution in [-0.4, -0.2) is 17.5 Å². The summed E-state index contributed by atoms with van der Waals surface area (Å²) in [6, 6.07) is 0. The predicted molar refractivity (Wildman–Crippen MR) is 26.8 cm³/mol. The van der Waals surface area contributed by atoms with Crippen molar-refractivity contribution in [2.45, 2.75) is 19.3 Å². The highest BCUT2D eigenvalue weighted by Gasteiger charge is 2.25. The molecule has 1 aliphatic rings. The molecule has 0 aromatic rings. The minimum Gasteiger partial charge on any atom is -0.362 e. The second-order valence-corrected chi connectivity index (χ2v) is 1.76. The molecule has 1 saturated heterocycles. The summed E-state index contributed by atoms with van der Waals surface area (Å²) in [6.07, 6.45) is -1.10. The van der Waals surface area contributed by atoms with Gasteiger partial charge in [-0.15, -0.1) is 0 Å². The molecule has 0 aromatic carbocycles. The van der Waals surface area contributed by atoms with Crippen LogP contribution in [0.4, 0.5) is 0 Å². The molecular weight excluding hydrogens is 108 g/mol. The molecule has 0 bridgehead atoms. The first-order valence-corrected chi connectivity index (χ1v) is 2.40. The molecule has 0 aromatic heterocycles. The second kappa shape index (κ2) is 1.85. The summed E-state index contributed by atoms with van der Waals surface area (Å²) in [5.74, 6) is 0. The molecule has 0 aliphatic carbocycles. The average Bonchev–Trinajstić information content (AvgIpc) is 1.98. The van der Waals surface area contributed by atoms with Crippen molar-refractivity contribution in [2.24, 2.45) is 0 Å². The van der Waals surface area contributed by atoms with Crippen LogP contribution in [-0.2, 0) is 9.78 Å². The van der Waals surface area contributed by atoms with Gasteiger partial charge in [0.15, 0.2) is 0 Å². The lowest BCUT2D eigenvalue weighted by atomic mass is 10.2. The van der Waals surface area contributed by atoms with Gasteiger partial charge in [-0.2, -0.15) is 4.89 Å². The average molecular weight is 116 g/mol. The molecule has 1 aliphatic heterocycles. The predicted octanol–water partition coefficient (Wildman–Crippen LogP) is 0.211. The molecule has 0 saturated carbocycles. The Morgan fingerprint density at radius 1 is 1.62 bits per heavy atom. The number of aliphatic hydroxyl groups is 1. The molecule has 8 heavy (non-hydrogen) atoms. The van der Waals surface area contributed by atoms with Gasteiger partial charge in [-0.3, -0.25) is 0 Å². The van der Waals surface area contributed by atoms with E-state index in [1.54, 1.807) is 6.92 Å². The van der Waals surface area contributed by atoms with Gasteiger partial charge in [0, 0.05) is 5.57 Å². The molecule has 2 unspecified atom stereocenters. The summed E-state index contributed by atoms with van der Waals surface area (Å²) < 4.78 is 0. The Bertz CT molecular complexity index is 98.2. The van der Waals surface area contributed by atoms with Gasteiger partial charge in [0.25, 0.3) is 0 Å². The van der Waals surface area contributed by atoms with Crippen molar-refractivity contribution in [3.63, 3.8) is 0 Å². The van der Waals surface area contributed by atoms with Crippen LogP contribution in [0.25, 0.3) is 0 Å². The first-order valence-electron chi connectivity index (χ1n) is 2.40. The summed E-state index contributed by atoms with van der Waals surface area (Å²) in [5, 5.41) is 8.72. The van der Waals surface area contributed by atoms with Crippen LogP contribution in [0.5, 0.6) is 0 Å². The third-order valence-electron chi connectivity index (χ3n) is 1.13. The van der Waals surface area contributed by atoms with E-state index in [4.69, 9.17) is 5.11 Å². The normalized spacial score (nSPS) is 38.5. The third-order valence-corrected chi connectivity index (χ3v) is 1.13. The van der Waals surface area contributed by atoms with Gasteiger partial charge in [-0.25, -0.2) is 4.89 Å². The van der Waals surface area contributed by atoms with Crippen molar-refractivity contribution >= 4 is 0 Å². The third kappa shape index (κ3) is 0.753. The first kappa shape index (κ1) is 5.75. The van der Waals surface area contributed by atoms with E-state index in [1.165, 1.54) is 0 Å². The fourth-order valence-electron chi connectivity index (χ4n) is 0.460. The highest BCUT2D eigenvalue weighted by atomic mass is 17.2. The lowest BCUT2D eigenvalue weighted by molar-refractivity contribution is -0.330. The van der Waals surface area contributed by atoms with Crippen LogP contribution >= 0.6 is 0 Å². The van der Waals surface area contributed by atoms with Crippen molar-refractivity contribution < 1.29 is 14.9 Å². The van der Waals surface area contributed by atoms with E-state index >= 15 is 0 Å². The Morgan fingerprint density at radius 2 is 2.25 bits per heavy atom. The number of hydrogen-bond acceptors (Lipinski definition) is 3. The van der Waals surface area contributed by atoms with Gasteiger partial charge in [0.05, 0.1) is 0 Å². The lowest BCUT2D eigenvalue weighted by Gasteiger charge is -1.95. The molecule has 3 heteroatoms. The van der Waals surface area contributed by atoms with Crippen LogP contribution in [0.3, 0.4) is 0 Å². The van der Waals surface area contributed by atoms with Crippen molar-refractivity contribution in [1.29, 1.82) is 0 Å². The summed E-state index contributed by atoms with van der Waals surface area (Å²) >= 11 is 0. The van der Waals surface area contributed by atoms with Crippen LogP contribution < -0.4 is 0 Å². The second-order valence-electron chi connectivity index (χ2n) is 1.76. The van der Waals surface area contributed by atoms with Gasteiger partial charge >= 0.3 is 0 Å². The Morgan fingerprint density at radius 3 is 2.38 bits per heavy atom. The highest BCUT2D eigenvalue weighted by Crippen LogP contribution is 2.18. The summed E-state index contributed by atoms with van der Waals surface area (Å²) in [6.45, 7) is 5.28. The van der Waals surface area contributed by atoms with Crippen molar-refractivity contribution in [3.05, 3.63) is 12.2 Å². The minimum absolute atomic E-state index is 0.176. The molecule has 1 rings (SSSR count). The number of rotatable bonds is 0. The quantitative estimate of drug-likeness (QED) is 0.363. The fourth-order valence-corrected chi connectivity index (χ4v) is 0.460. The topological polar surface area (TPSA) is 38.7 Å². The maximum Gasteiger partial charge on any atom is 0.213 e. The standard InChI is InChI=1S/C5H8O3/c1-3-4(2)7-8-5(3)6/h4-6H,1H2,2H3. The Hall–Kier alpha value is -0.380. The molecule has 0 amide bonds. The van der Waals surface area contributed by atoms with Crippen LogP contribution in [0.2, 0.25) is 0 Å². The largest absolute Gasteiger partial charge is 0.362 e. The van der Waals surface area contributed by atoms with E-state index in [2.05, 4.69) is 16.4 Å². The maximum atomic E-state index is 8.72. The van der Waals surface area contributed by atoms with E-state index in [1.807, 2.05) is 0 Å². The van der Waals surface area contributed by atoms with E-state index < -0.39 is 6.29 Å². The van der Waals surface area contributed by atoms with E-state index in [9.17, 15) is 0 Å². The zero-order valence-corrected chi connectivity index (χ0v) is 4.63. The monoisotopic (exact) mass is 116 g/mol. The van der Waals surface area contributed by atoms with Gasteiger partial charge in [-0.05, 0) is 6.92 Å². The van der Waals surface area contributed by atoms with Gasteiger partial charge in [-0.1, -0.05) is 6.58 Å². The Balaban J connectivity index is 2.57. The Kier molecular flexibility index (Phi) is 1.33. The Labute approximate surface area is 47.5 Å². The minimum atomic E-state index is -0.926. The number of hydrogen-bond donors (Lipinski definition) is 1. The van der Waals surface area contributed by atoms with Crippen LogP contribution in [0.1, 0.15) is 6.92 Å². The van der Waals surface area contributed by atoms with Crippen molar-refractivity contribution in [3.8, 4) is 0 Å². The zero-order valence-electron chi connectivity index (χ0n) is 4.63. The van der Waals surface area contributed by atoms with Gasteiger partial charge in [0.1, 0.15) is 6.10 Å².